The van der Waals surface area contributed by atoms with Gasteiger partial charge in [0.1, 0.15) is 5.82 Å². The molecule has 2 heterocycles. The number of rotatable bonds is 4. The zero-order valence-corrected chi connectivity index (χ0v) is 12.0. The maximum Gasteiger partial charge on any atom is 0.255 e. The second-order valence-electron chi connectivity index (χ2n) is 5.62. The lowest BCUT2D eigenvalue weighted by Gasteiger charge is -2.17. The summed E-state index contributed by atoms with van der Waals surface area (Å²) in [6.07, 6.45) is 1.08. The Labute approximate surface area is 113 Å². The molecule has 1 fully saturated rings. The van der Waals surface area contributed by atoms with Crippen LogP contribution in [0.5, 0.6) is 0 Å². The van der Waals surface area contributed by atoms with Crippen LogP contribution in [0.2, 0.25) is 0 Å². The fourth-order valence-corrected chi connectivity index (χ4v) is 2.85. The second-order valence-corrected chi connectivity index (χ2v) is 7.13. The molecule has 1 unspecified atom stereocenters. The number of aromatic nitrogens is 1. The van der Waals surface area contributed by atoms with Gasteiger partial charge in [-0.2, -0.15) is 0 Å². The monoisotopic (exact) mass is 284 g/mol. The first-order valence-electron chi connectivity index (χ1n) is 6.25. The normalized spacial score (nSPS) is 22.4. The SMILES string of the molecule is CC1(C)CC(CNc2cccc(S(N)(=O)=O)n2)CN1. The molecule has 1 saturated heterocycles. The van der Waals surface area contributed by atoms with Crippen LogP contribution in [0.15, 0.2) is 23.2 Å². The third kappa shape index (κ3) is 3.89. The first-order valence-corrected chi connectivity index (χ1v) is 7.80. The van der Waals surface area contributed by atoms with Gasteiger partial charge in [0.15, 0.2) is 5.03 Å². The van der Waals surface area contributed by atoms with Crippen molar-refractivity contribution in [1.82, 2.24) is 10.3 Å². The van der Waals surface area contributed by atoms with Crippen molar-refractivity contribution in [2.45, 2.75) is 30.8 Å². The third-order valence-corrected chi connectivity index (χ3v) is 4.07. The van der Waals surface area contributed by atoms with Crippen LogP contribution in [0.1, 0.15) is 20.3 Å². The van der Waals surface area contributed by atoms with Gasteiger partial charge in [0.25, 0.3) is 10.0 Å². The molecule has 0 bridgehead atoms. The van der Waals surface area contributed by atoms with Gasteiger partial charge in [-0.3, -0.25) is 0 Å². The molecule has 1 atom stereocenters. The Bertz CT molecular complexity index is 557. The van der Waals surface area contributed by atoms with Crippen LogP contribution in [0.4, 0.5) is 5.82 Å². The number of nitrogens with two attached hydrogens (primary N) is 1. The van der Waals surface area contributed by atoms with Crippen molar-refractivity contribution in [3.63, 3.8) is 0 Å². The fourth-order valence-electron chi connectivity index (χ4n) is 2.35. The number of nitrogens with one attached hydrogen (secondary N) is 2. The predicted molar refractivity (Wildman–Crippen MR) is 74.3 cm³/mol. The maximum absolute atomic E-state index is 11.2. The smallest absolute Gasteiger partial charge is 0.255 e. The summed E-state index contributed by atoms with van der Waals surface area (Å²) in [6.45, 7) is 6.06. The van der Waals surface area contributed by atoms with E-state index in [1.54, 1.807) is 12.1 Å². The summed E-state index contributed by atoms with van der Waals surface area (Å²) in [7, 11) is -3.74. The average molecular weight is 284 g/mol. The van der Waals surface area contributed by atoms with Crippen molar-refractivity contribution in [2.24, 2.45) is 11.1 Å². The first-order chi connectivity index (χ1) is 8.76. The van der Waals surface area contributed by atoms with Gasteiger partial charge in [-0.15, -0.1) is 0 Å². The van der Waals surface area contributed by atoms with Crippen molar-refractivity contribution in [3.05, 3.63) is 18.2 Å². The molecule has 1 aromatic heterocycles. The quantitative estimate of drug-likeness (QED) is 0.749. The van der Waals surface area contributed by atoms with Crippen LogP contribution < -0.4 is 15.8 Å². The van der Waals surface area contributed by atoms with E-state index in [0.717, 1.165) is 19.5 Å². The van der Waals surface area contributed by atoms with Gasteiger partial charge in [0.05, 0.1) is 0 Å². The minimum atomic E-state index is -3.74. The minimum Gasteiger partial charge on any atom is -0.370 e. The van der Waals surface area contributed by atoms with E-state index in [4.69, 9.17) is 5.14 Å². The van der Waals surface area contributed by atoms with Gasteiger partial charge in [0.2, 0.25) is 0 Å². The van der Waals surface area contributed by atoms with E-state index in [9.17, 15) is 8.42 Å². The molecule has 7 heteroatoms. The Kier molecular flexibility index (Phi) is 3.80. The van der Waals surface area contributed by atoms with Gasteiger partial charge >= 0.3 is 0 Å². The lowest BCUT2D eigenvalue weighted by molar-refractivity contribution is 0.445. The third-order valence-electron chi connectivity index (χ3n) is 3.26. The summed E-state index contributed by atoms with van der Waals surface area (Å²) in [4.78, 5) is 4.00. The van der Waals surface area contributed by atoms with Crippen molar-refractivity contribution in [2.75, 3.05) is 18.4 Å². The Balaban J connectivity index is 1.97. The van der Waals surface area contributed by atoms with Crippen LogP contribution in [-0.4, -0.2) is 32.0 Å². The Morgan fingerprint density at radius 2 is 2.26 bits per heavy atom. The summed E-state index contributed by atoms with van der Waals surface area (Å²) >= 11 is 0. The van der Waals surface area contributed by atoms with E-state index in [2.05, 4.69) is 29.5 Å². The number of hydrogen-bond acceptors (Lipinski definition) is 5. The summed E-state index contributed by atoms with van der Waals surface area (Å²) in [6, 6.07) is 4.76. The number of primary sulfonamides is 1. The number of hydrogen-bond donors (Lipinski definition) is 3. The van der Waals surface area contributed by atoms with Gasteiger partial charge in [-0.25, -0.2) is 18.5 Å². The molecule has 1 aromatic rings. The second kappa shape index (κ2) is 5.07. The molecule has 4 N–H and O–H groups in total. The molecule has 6 nitrogen and oxygen atoms in total. The Morgan fingerprint density at radius 1 is 1.53 bits per heavy atom. The highest BCUT2D eigenvalue weighted by molar-refractivity contribution is 7.89. The molecule has 0 aromatic carbocycles. The van der Waals surface area contributed by atoms with E-state index in [-0.39, 0.29) is 10.6 Å². The molecule has 1 aliphatic rings. The lowest BCUT2D eigenvalue weighted by atomic mass is 9.97. The lowest BCUT2D eigenvalue weighted by Crippen LogP contribution is -2.31. The van der Waals surface area contributed by atoms with Crippen LogP contribution >= 0.6 is 0 Å². The number of pyridine rings is 1. The molecule has 0 radical (unpaired) electrons. The topological polar surface area (TPSA) is 97.1 Å². The number of anilines is 1. The first kappa shape index (κ1) is 14.2. The highest BCUT2D eigenvalue weighted by atomic mass is 32.2. The summed E-state index contributed by atoms with van der Waals surface area (Å²) in [5.74, 6) is 1.05. The highest BCUT2D eigenvalue weighted by Gasteiger charge is 2.29. The summed E-state index contributed by atoms with van der Waals surface area (Å²) in [5, 5.41) is 11.5. The van der Waals surface area contributed by atoms with Crippen molar-refractivity contribution < 1.29 is 8.42 Å². The van der Waals surface area contributed by atoms with E-state index in [1.165, 1.54) is 6.07 Å². The molecule has 0 spiro atoms. The van der Waals surface area contributed by atoms with Crippen LogP contribution in [-0.2, 0) is 10.0 Å². The zero-order valence-electron chi connectivity index (χ0n) is 11.2. The van der Waals surface area contributed by atoms with Crippen LogP contribution in [0, 0.1) is 5.92 Å². The molecule has 19 heavy (non-hydrogen) atoms. The van der Waals surface area contributed by atoms with E-state index < -0.39 is 10.0 Å². The predicted octanol–water partition coefficient (Wildman–Crippen LogP) is 0.529. The zero-order chi connectivity index (χ0) is 14.1. The molecular weight excluding hydrogens is 264 g/mol. The van der Waals surface area contributed by atoms with Crippen molar-refractivity contribution >= 4 is 15.8 Å². The van der Waals surface area contributed by atoms with Gasteiger partial charge in [0, 0.05) is 18.6 Å². The summed E-state index contributed by atoms with van der Waals surface area (Å²) < 4.78 is 22.4. The largest absolute Gasteiger partial charge is 0.370 e. The Morgan fingerprint density at radius 3 is 2.84 bits per heavy atom. The number of sulfonamides is 1. The van der Waals surface area contributed by atoms with E-state index >= 15 is 0 Å². The van der Waals surface area contributed by atoms with E-state index in [1.807, 2.05) is 0 Å². The number of nitrogens with zero attached hydrogens (tertiary/aromatic N) is 1. The molecular formula is C12H20N4O2S. The van der Waals surface area contributed by atoms with Crippen molar-refractivity contribution in [3.8, 4) is 0 Å². The van der Waals surface area contributed by atoms with Gasteiger partial charge in [-0.05, 0) is 38.3 Å². The Hall–Kier alpha value is -1.18. The minimum absolute atomic E-state index is 0.109. The average Bonchev–Trinajstić information content (AvgIpc) is 2.66. The molecule has 1 aliphatic heterocycles. The maximum atomic E-state index is 11.2. The van der Waals surface area contributed by atoms with Crippen LogP contribution in [0.3, 0.4) is 0 Å². The highest BCUT2D eigenvalue weighted by Crippen LogP contribution is 2.23. The molecule has 0 amide bonds. The van der Waals surface area contributed by atoms with Gasteiger partial charge < -0.3 is 10.6 Å². The molecule has 106 valence electrons. The molecule has 0 saturated carbocycles. The fraction of sp³-hybridized carbons (Fsp3) is 0.583. The standard InChI is InChI=1S/C12H20N4O2S/c1-12(2)6-9(8-15-12)7-14-10-4-3-5-11(16-10)19(13,17)18/h3-5,9,15H,6-8H2,1-2H3,(H,14,16)(H2,13,17,18). The van der Waals surface area contributed by atoms with Gasteiger partial charge in [-0.1, -0.05) is 6.07 Å². The molecule has 0 aliphatic carbocycles. The van der Waals surface area contributed by atoms with E-state index in [0.29, 0.717) is 11.7 Å². The molecule has 2 rings (SSSR count). The van der Waals surface area contributed by atoms with Crippen LogP contribution in [0.25, 0.3) is 0 Å². The van der Waals surface area contributed by atoms with Crippen molar-refractivity contribution in [1.29, 1.82) is 0 Å². The summed E-state index contributed by atoms with van der Waals surface area (Å²) in [5.41, 5.74) is 0.169.